The fourth-order valence-electron chi connectivity index (χ4n) is 1.51. The Morgan fingerprint density at radius 3 is 2.94 bits per heavy atom. The molecule has 0 saturated heterocycles. The molecule has 0 fully saturated rings. The molecule has 0 atom stereocenters. The van der Waals surface area contributed by atoms with E-state index in [9.17, 15) is 0 Å². The lowest BCUT2D eigenvalue weighted by Crippen LogP contribution is -2.00. The summed E-state index contributed by atoms with van der Waals surface area (Å²) in [6.45, 7) is 0.645. The van der Waals surface area contributed by atoms with Crippen molar-refractivity contribution in [1.82, 2.24) is 4.98 Å². The molecule has 3 nitrogen and oxygen atoms in total. The normalized spacial score (nSPS) is 10.2. The van der Waals surface area contributed by atoms with Gasteiger partial charge in [-0.3, -0.25) is 4.98 Å². The van der Waals surface area contributed by atoms with E-state index in [4.69, 9.17) is 16.3 Å². The summed E-state index contributed by atoms with van der Waals surface area (Å²) in [5, 5.41) is 3.95. The molecule has 2 rings (SSSR count). The van der Waals surface area contributed by atoms with E-state index in [1.54, 1.807) is 19.5 Å². The van der Waals surface area contributed by atoms with Gasteiger partial charge in [0.1, 0.15) is 5.75 Å². The van der Waals surface area contributed by atoms with Crippen molar-refractivity contribution in [3.63, 3.8) is 0 Å². The molecule has 18 heavy (non-hydrogen) atoms. The van der Waals surface area contributed by atoms with Crippen molar-refractivity contribution in [2.24, 2.45) is 0 Å². The van der Waals surface area contributed by atoms with E-state index in [1.807, 2.05) is 24.3 Å². The minimum absolute atomic E-state index is 0.645. The molecular weight excluding hydrogens is 316 g/mol. The summed E-state index contributed by atoms with van der Waals surface area (Å²) in [6, 6.07) is 7.74. The highest BCUT2D eigenvalue weighted by Gasteiger charge is 2.03. The van der Waals surface area contributed by atoms with Crippen LogP contribution in [0.5, 0.6) is 5.75 Å². The average molecular weight is 328 g/mol. The number of pyridine rings is 1. The second-order valence-corrected chi connectivity index (χ2v) is 4.93. The predicted octanol–water partition coefficient (Wildman–Crippen LogP) is 4.12. The summed E-state index contributed by atoms with van der Waals surface area (Å²) in [5.41, 5.74) is 1.98. The summed E-state index contributed by atoms with van der Waals surface area (Å²) in [5.74, 6) is 0.792. The Labute approximate surface area is 119 Å². The molecule has 0 unspecified atom stereocenters. The third-order valence-corrected chi connectivity index (χ3v) is 3.49. The van der Waals surface area contributed by atoms with E-state index in [0.717, 1.165) is 21.5 Å². The lowest BCUT2D eigenvalue weighted by molar-refractivity contribution is 0.412. The summed E-state index contributed by atoms with van der Waals surface area (Å²) < 4.78 is 6.17. The maximum Gasteiger partial charge on any atom is 0.135 e. The molecule has 0 amide bonds. The lowest BCUT2D eigenvalue weighted by atomic mass is 10.2. The quantitative estimate of drug-likeness (QED) is 0.917. The molecule has 5 heteroatoms. The van der Waals surface area contributed by atoms with Gasteiger partial charge in [0.25, 0.3) is 0 Å². The van der Waals surface area contributed by atoms with Crippen LogP contribution in [0.25, 0.3) is 0 Å². The highest BCUT2D eigenvalue weighted by atomic mass is 79.9. The van der Waals surface area contributed by atoms with Gasteiger partial charge in [0.15, 0.2) is 0 Å². The first-order valence-electron chi connectivity index (χ1n) is 5.36. The van der Waals surface area contributed by atoms with Gasteiger partial charge in [-0.1, -0.05) is 11.6 Å². The Balaban J connectivity index is 2.09. The molecule has 2 aromatic rings. The van der Waals surface area contributed by atoms with E-state index >= 15 is 0 Å². The standard InChI is InChI=1S/C13H12BrClN2O/c1-18-13-6-10(2-3-11(13)14)17-7-9-4-5-16-8-12(9)15/h2-6,8,17H,7H2,1H3. The number of hydrogen-bond donors (Lipinski definition) is 1. The van der Waals surface area contributed by atoms with Crippen molar-refractivity contribution in [1.29, 1.82) is 0 Å². The smallest absolute Gasteiger partial charge is 0.135 e. The number of anilines is 1. The number of nitrogens with one attached hydrogen (secondary N) is 1. The first-order chi connectivity index (χ1) is 8.70. The lowest BCUT2D eigenvalue weighted by Gasteiger charge is -2.10. The molecule has 0 aliphatic rings. The van der Waals surface area contributed by atoms with Crippen molar-refractivity contribution in [2.75, 3.05) is 12.4 Å². The minimum Gasteiger partial charge on any atom is -0.495 e. The molecule has 0 saturated carbocycles. The number of nitrogens with zero attached hydrogens (tertiary/aromatic N) is 1. The zero-order chi connectivity index (χ0) is 13.0. The number of rotatable bonds is 4. The van der Waals surface area contributed by atoms with Crippen molar-refractivity contribution < 1.29 is 4.74 Å². The highest BCUT2D eigenvalue weighted by Crippen LogP contribution is 2.28. The van der Waals surface area contributed by atoms with E-state index in [2.05, 4.69) is 26.2 Å². The summed E-state index contributed by atoms with van der Waals surface area (Å²) in [7, 11) is 1.64. The van der Waals surface area contributed by atoms with Crippen LogP contribution < -0.4 is 10.1 Å². The molecule has 0 spiro atoms. The first-order valence-corrected chi connectivity index (χ1v) is 6.53. The Morgan fingerprint density at radius 2 is 2.22 bits per heavy atom. The maximum absolute atomic E-state index is 6.04. The van der Waals surface area contributed by atoms with Crippen molar-refractivity contribution in [3.8, 4) is 5.75 Å². The van der Waals surface area contributed by atoms with E-state index in [1.165, 1.54) is 0 Å². The second-order valence-electron chi connectivity index (χ2n) is 3.67. The van der Waals surface area contributed by atoms with Crippen LogP contribution in [0.4, 0.5) is 5.69 Å². The van der Waals surface area contributed by atoms with Crippen LogP contribution in [0.2, 0.25) is 5.02 Å². The van der Waals surface area contributed by atoms with Gasteiger partial charge in [-0.25, -0.2) is 0 Å². The molecule has 1 heterocycles. The number of benzene rings is 1. The molecule has 1 aromatic heterocycles. The molecule has 0 aliphatic heterocycles. The molecule has 1 N–H and O–H groups in total. The number of methoxy groups -OCH3 is 1. The van der Waals surface area contributed by atoms with Gasteiger partial charge in [0.05, 0.1) is 16.6 Å². The summed E-state index contributed by atoms with van der Waals surface area (Å²) in [4.78, 5) is 3.95. The highest BCUT2D eigenvalue weighted by molar-refractivity contribution is 9.10. The van der Waals surface area contributed by atoms with E-state index in [0.29, 0.717) is 11.6 Å². The zero-order valence-corrected chi connectivity index (χ0v) is 12.1. The molecule has 94 valence electrons. The topological polar surface area (TPSA) is 34.1 Å². The largest absolute Gasteiger partial charge is 0.495 e. The Morgan fingerprint density at radius 1 is 1.39 bits per heavy atom. The van der Waals surface area contributed by atoms with Gasteiger partial charge in [-0.2, -0.15) is 0 Å². The average Bonchev–Trinajstić information content (AvgIpc) is 2.39. The minimum atomic E-state index is 0.645. The van der Waals surface area contributed by atoms with Gasteiger partial charge < -0.3 is 10.1 Å². The monoisotopic (exact) mass is 326 g/mol. The van der Waals surface area contributed by atoms with Crippen LogP contribution in [0.1, 0.15) is 5.56 Å². The molecule has 0 bridgehead atoms. The van der Waals surface area contributed by atoms with Gasteiger partial charge in [-0.05, 0) is 39.7 Å². The fourth-order valence-corrected chi connectivity index (χ4v) is 2.11. The van der Waals surface area contributed by atoms with Crippen LogP contribution in [0, 0.1) is 0 Å². The fraction of sp³-hybridized carbons (Fsp3) is 0.154. The molecule has 1 aromatic carbocycles. The van der Waals surface area contributed by atoms with Crippen LogP contribution >= 0.6 is 27.5 Å². The van der Waals surface area contributed by atoms with Gasteiger partial charge in [0, 0.05) is 30.7 Å². The summed E-state index contributed by atoms with van der Waals surface area (Å²) in [6.07, 6.45) is 3.37. The molecular formula is C13H12BrClN2O. The Hall–Kier alpha value is -1.26. The van der Waals surface area contributed by atoms with Crippen LogP contribution in [-0.2, 0) is 6.54 Å². The number of ether oxygens (including phenoxy) is 1. The Bertz CT molecular complexity index is 548. The maximum atomic E-state index is 6.04. The van der Waals surface area contributed by atoms with Crippen LogP contribution in [0.3, 0.4) is 0 Å². The van der Waals surface area contributed by atoms with Crippen LogP contribution in [0.15, 0.2) is 41.1 Å². The number of halogens is 2. The zero-order valence-electron chi connectivity index (χ0n) is 9.78. The Kier molecular flexibility index (Phi) is 4.44. The number of hydrogen-bond acceptors (Lipinski definition) is 3. The van der Waals surface area contributed by atoms with Gasteiger partial charge >= 0.3 is 0 Å². The van der Waals surface area contributed by atoms with Crippen molar-refractivity contribution in [3.05, 3.63) is 51.7 Å². The first kappa shape index (κ1) is 13.2. The third-order valence-electron chi connectivity index (χ3n) is 2.49. The van der Waals surface area contributed by atoms with Gasteiger partial charge in [0.2, 0.25) is 0 Å². The van der Waals surface area contributed by atoms with Crippen molar-refractivity contribution in [2.45, 2.75) is 6.54 Å². The van der Waals surface area contributed by atoms with Crippen LogP contribution in [-0.4, -0.2) is 12.1 Å². The molecule has 0 aliphatic carbocycles. The summed E-state index contributed by atoms with van der Waals surface area (Å²) >= 11 is 9.46. The van der Waals surface area contributed by atoms with E-state index < -0.39 is 0 Å². The molecule has 0 radical (unpaired) electrons. The predicted molar refractivity (Wildman–Crippen MR) is 77.3 cm³/mol. The van der Waals surface area contributed by atoms with E-state index in [-0.39, 0.29) is 0 Å². The van der Waals surface area contributed by atoms with Gasteiger partial charge in [-0.15, -0.1) is 0 Å². The second kappa shape index (κ2) is 6.07. The SMILES string of the molecule is COc1cc(NCc2ccncc2Cl)ccc1Br. The number of aromatic nitrogens is 1. The third kappa shape index (κ3) is 3.15. The van der Waals surface area contributed by atoms with Crippen molar-refractivity contribution >= 4 is 33.2 Å².